The Morgan fingerprint density at radius 1 is 1.00 bits per heavy atom. The number of fused-ring (bicyclic) bond motifs is 2. The smallest absolute Gasteiger partial charge is 0.323 e. The maximum absolute atomic E-state index is 12.8. The van der Waals surface area contributed by atoms with Crippen LogP contribution in [0.3, 0.4) is 0 Å². The summed E-state index contributed by atoms with van der Waals surface area (Å²) in [6.45, 7) is 0. The zero-order chi connectivity index (χ0) is 25.2. The molecule has 3 amide bonds. The van der Waals surface area contributed by atoms with Gasteiger partial charge in [-0.15, -0.1) is 0 Å². The number of urea groups is 1. The second-order valence-corrected chi connectivity index (χ2v) is 8.76. The van der Waals surface area contributed by atoms with Crippen LogP contribution in [0.4, 0.5) is 21.9 Å². The van der Waals surface area contributed by atoms with Crippen molar-refractivity contribution >= 4 is 52.4 Å². The van der Waals surface area contributed by atoms with Crippen molar-refractivity contribution in [3.63, 3.8) is 0 Å². The van der Waals surface area contributed by atoms with Crippen LogP contribution < -0.4 is 16.0 Å². The highest BCUT2D eigenvalue weighted by atomic mass is 16.4. The fourth-order valence-electron chi connectivity index (χ4n) is 4.68. The Bertz CT molecular complexity index is 1420. The van der Waals surface area contributed by atoms with Crippen molar-refractivity contribution in [3.05, 3.63) is 76.6 Å². The van der Waals surface area contributed by atoms with Crippen molar-refractivity contribution in [2.75, 3.05) is 16.0 Å². The van der Waals surface area contributed by atoms with Gasteiger partial charge in [-0.3, -0.25) is 14.4 Å². The number of aryl methyl sites for hydroxylation is 1. The number of benzene rings is 2. The summed E-state index contributed by atoms with van der Waals surface area (Å²) in [4.78, 5) is 52.4. The van der Waals surface area contributed by atoms with Crippen molar-refractivity contribution in [3.8, 4) is 0 Å². The van der Waals surface area contributed by atoms with Crippen LogP contribution in [-0.4, -0.2) is 33.8 Å². The van der Waals surface area contributed by atoms with Crippen LogP contribution in [0, 0.1) is 0 Å². The summed E-state index contributed by atoms with van der Waals surface area (Å²) >= 11 is 0. The molecule has 0 unspecified atom stereocenters. The molecule has 1 aliphatic heterocycles. The maximum atomic E-state index is 12.8. The summed E-state index contributed by atoms with van der Waals surface area (Å²) in [7, 11) is 0. The highest BCUT2D eigenvalue weighted by molar-refractivity contribution is 6.35. The molecule has 36 heavy (non-hydrogen) atoms. The second-order valence-electron chi connectivity index (χ2n) is 8.76. The van der Waals surface area contributed by atoms with Gasteiger partial charge in [-0.2, -0.15) is 0 Å². The molecule has 9 nitrogen and oxygen atoms in total. The van der Waals surface area contributed by atoms with E-state index in [0.717, 1.165) is 12.1 Å². The van der Waals surface area contributed by atoms with Crippen LogP contribution in [0.15, 0.2) is 48.5 Å². The third-order valence-electron chi connectivity index (χ3n) is 6.29. The molecule has 3 aromatic rings. The maximum Gasteiger partial charge on any atom is 0.323 e. The number of hydrogen-bond acceptors (Lipinski definition) is 4. The van der Waals surface area contributed by atoms with Gasteiger partial charge in [0.25, 0.3) is 5.91 Å². The molecule has 0 radical (unpaired) electrons. The molecule has 1 aliphatic carbocycles. The molecule has 0 saturated carbocycles. The number of ketones is 1. The first-order valence-corrected chi connectivity index (χ1v) is 11.7. The molecule has 2 aliphatic rings. The quantitative estimate of drug-likeness (QED) is 0.323. The standard InChI is InChI=1S/C27H24N4O5/c32-23-8-4-7-21-25(23)17(10-12-24(33)34)22(30-21)14-19-18-13-16(9-11-20(18)31-26(19)35)29-27(36)28-15-5-2-1-3-6-15/h1-3,5-6,9,11,13-14,30H,4,7-8,10,12H2,(H,31,35)(H,33,34)(H2,28,29,36). The predicted molar refractivity (Wildman–Crippen MR) is 136 cm³/mol. The highest BCUT2D eigenvalue weighted by Gasteiger charge is 2.29. The minimum absolute atomic E-state index is 0.00951. The summed E-state index contributed by atoms with van der Waals surface area (Å²) < 4.78 is 0. The summed E-state index contributed by atoms with van der Waals surface area (Å²) in [5.41, 5.74) is 5.23. The number of amides is 3. The minimum Gasteiger partial charge on any atom is -0.481 e. The first kappa shape index (κ1) is 23.1. The van der Waals surface area contributed by atoms with Gasteiger partial charge < -0.3 is 26.0 Å². The van der Waals surface area contributed by atoms with E-state index in [9.17, 15) is 24.3 Å². The molecule has 1 aromatic heterocycles. The molecule has 0 spiro atoms. The SMILES string of the molecule is O=C(O)CCc1c(C=C2C(=O)Nc3ccc(NC(=O)Nc4ccccc4)cc32)[nH]c2c1C(=O)CCC2. The molecule has 0 bridgehead atoms. The Balaban J connectivity index is 1.46. The number of aromatic amines is 1. The van der Waals surface area contributed by atoms with Crippen LogP contribution in [0.2, 0.25) is 0 Å². The number of rotatable bonds is 6. The number of aromatic nitrogens is 1. The van der Waals surface area contributed by atoms with Gasteiger partial charge in [0.2, 0.25) is 0 Å². The average molecular weight is 485 g/mol. The fourth-order valence-corrected chi connectivity index (χ4v) is 4.68. The Hall–Kier alpha value is -4.66. The van der Waals surface area contributed by atoms with Crippen LogP contribution in [0.1, 0.15) is 52.1 Å². The van der Waals surface area contributed by atoms with Gasteiger partial charge in [-0.1, -0.05) is 18.2 Å². The van der Waals surface area contributed by atoms with Crippen molar-refractivity contribution in [2.24, 2.45) is 0 Å². The van der Waals surface area contributed by atoms with Gasteiger partial charge in [0.15, 0.2) is 5.78 Å². The molecule has 2 aromatic carbocycles. The second kappa shape index (κ2) is 9.53. The molecule has 9 heteroatoms. The first-order valence-electron chi connectivity index (χ1n) is 11.7. The van der Waals surface area contributed by atoms with E-state index in [0.29, 0.717) is 57.9 Å². The summed E-state index contributed by atoms with van der Waals surface area (Å²) in [5, 5.41) is 17.6. The number of carboxylic acid groups (broad SMARTS) is 1. The van der Waals surface area contributed by atoms with E-state index < -0.39 is 12.0 Å². The number of Topliss-reactive ketones (excluding diaryl/α,β-unsaturated/α-hetero) is 1. The normalized spacial score (nSPS) is 15.3. The van der Waals surface area contributed by atoms with Crippen molar-refractivity contribution in [1.82, 2.24) is 4.98 Å². The number of para-hydroxylation sites is 1. The van der Waals surface area contributed by atoms with Crippen molar-refractivity contribution < 1.29 is 24.3 Å². The van der Waals surface area contributed by atoms with Gasteiger partial charge in [0, 0.05) is 52.4 Å². The molecular formula is C27H24N4O5. The topological polar surface area (TPSA) is 140 Å². The third-order valence-corrected chi connectivity index (χ3v) is 6.29. The lowest BCUT2D eigenvalue weighted by molar-refractivity contribution is -0.137. The lowest BCUT2D eigenvalue weighted by Gasteiger charge is -2.11. The van der Waals surface area contributed by atoms with Gasteiger partial charge in [-0.25, -0.2) is 4.79 Å². The Kier molecular flexibility index (Phi) is 6.12. The van der Waals surface area contributed by atoms with Gasteiger partial charge in [-0.05, 0) is 61.2 Å². The van der Waals surface area contributed by atoms with Crippen LogP contribution in [0.25, 0.3) is 11.6 Å². The van der Waals surface area contributed by atoms with E-state index >= 15 is 0 Å². The third kappa shape index (κ3) is 4.63. The largest absolute Gasteiger partial charge is 0.481 e. The van der Waals surface area contributed by atoms with E-state index in [1.54, 1.807) is 36.4 Å². The Morgan fingerprint density at radius 2 is 1.78 bits per heavy atom. The summed E-state index contributed by atoms with van der Waals surface area (Å²) in [5.74, 6) is -1.29. The minimum atomic E-state index is -0.958. The molecule has 2 heterocycles. The van der Waals surface area contributed by atoms with Gasteiger partial charge in [0.05, 0.1) is 5.57 Å². The number of anilines is 3. The molecular weight excluding hydrogens is 460 g/mol. The molecule has 182 valence electrons. The van der Waals surface area contributed by atoms with Crippen LogP contribution >= 0.6 is 0 Å². The van der Waals surface area contributed by atoms with E-state index in [2.05, 4.69) is 20.9 Å². The monoisotopic (exact) mass is 484 g/mol. The first-order chi connectivity index (χ1) is 17.4. The number of carbonyl (C=O) groups excluding carboxylic acids is 3. The zero-order valence-corrected chi connectivity index (χ0v) is 19.3. The summed E-state index contributed by atoms with van der Waals surface area (Å²) in [6.07, 6.45) is 3.56. The zero-order valence-electron chi connectivity index (χ0n) is 19.3. The number of aliphatic carboxylic acids is 1. The molecule has 5 N–H and O–H groups in total. The van der Waals surface area contributed by atoms with Gasteiger partial charge in [0.1, 0.15) is 0 Å². The van der Waals surface area contributed by atoms with E-state index in [-0.39, 0.29) is 24.5 Å². The lowest BCUT2D eigenvalue weighted by Crippen LogP contribution is -2.19. The molecule has 5 rings (SSSR count). The fraction of sp³-hybridized carbons (Fsp3) is 0.185. The number of H-pyrrole nitrogens is 1. The molecule has 0 saturated heterocycles. The number of carbonyl (C=O) groups is 4. The van der Waals surface area contributed by atoms with Crippen LogP contribution in [-0.2, 0) is 22.4 Å². The number of carboxylic acids is 1. The van der Waals surface area contributed by atoms with Crippen LogP contribution in [0.5, 0.6) is 0 Å². The van der Waals surface area contributed by atoms with E-state index in [1.807, 2.05) is 18.2 Å². The predicted octanol–water partition coefficient (Wildman–Crippen LogP) is 4.69. The van der Waals surface area contributed by atoms with Crippen molar-refractivity contribution in [2.45, 2.75) is 32.1 Å². The highest BCUT2D eigenvalue weighted by Crippen LogP contribution is 2.37. The van der Waals surface area contributed by atoms with E-state index in [4.69, 9.17) is 0 Å². The van der Waals surface area contributed by atoms with Gasteiger partial charge >= 0.3 is 12.0 Å². The number of hydrogen-bond donors (Lipinski definition) is 5. The molecule has 0 atom stereocenters. The number of nitrogens with one attached hydrogen (secondary N) is 4. The van der Waals surface area contributed by atoms with Crippen molar-refractivity contribution in [1.29, 1.82) is 0 Å². The average Bonchev–Trinajstić information content (AvgIpc) is 3.36. The Morgan fingerprint density at radius 3 is 2.56 bits per heavy atom. The van der Waals surface area contributed by atoms with E-state index in [1.165, 1.54) is 0 Å². The summed E-state index contributed by atoms with van der Waals surface area (Å²) in [6, 6.07) is 13.7. The Labute approximate surface area is 206 Å². The molecule has 0 fully saturated rings. The lowest BCUT2D eigenvalue weighted by atomic mass is 9.91.